The van der Waals surface area contributed by atoms with Gasteiger partial charge in [0.05, 0.1) is 11.3 Å². The molecule has 0 atom stereocenters. The molecular formula is C15H13F3N2O2. The summed E-state index contributed by atoms with van der Waals surface area (Å²) in [6.07, 6.45) is -4.55. The summed E-state index contributed by atoms with van der Waals surface area (Å²) < 4.78 is 37.6. The zero-order chi connectivity index (χ0) is 16.3. The summed E-state index contributed by atoms with van der Waals surface area (Å²) in [5.41, 5.74) is -0.483. The van der Waals surface area contributed by atoms with E-state index in [-0.39, 0.29) is 23.6 Å². The highest BCUT2D eigenvalue weighted by atomic mass is 19.4. The third-order valence-electron chi connectivity index (χ3n) is 3.05. The number of carbonyl (C=O) groups excluding carboxylic acids is 1. The molecule has 2 rings (SSSR count). The summed E-state index contributed by atoms with van der Waals surface area (Å²) in [6.45, 7) is 1.40. The summed E-state index contributed by atoms with van der Waals surface area (Å²) in [5.74, 6) is -0.521. The van der Waals surface area contributed by atoms with E-state index in [0.29, 0.717) is 5.56 Å². The van der Waals surface area contributed by atoms with Crippen LogP contribution in [0.4, 0.5) is 13.2 Å². The van der Waals surface area contributed by atoms with Gasteiger partial charge < -0.3 is 10.4 Å². The van der Waals surface area contributed by atoms with Crippen molar-refractivity contribution in [2.75, 3.05) is 0 Å². The summed E-state index contributed by atoms with van der Waals surface area (Å²) >= 11 is 0. The highest BCUT2D eigenvalue weighted by Gasteiger charge is 2.33. The van der Waals surface area contributed by atoms with Crippen LogP contribution in [0.3, 0.4) is 0 Å². The van der Waals surface area contributed by atoms with Crippen molar-refractivity contribution in [3.63, 3.8) is 0 Å². The van der Waals surface area contributed by atoms with Crippen molar-refractivity contribution < 1.29 is 23.1 Å². The summed E-state index contributed by atoms with van der Waals surface area (Å²) in [4.78, 5) is 15.4. The minimum atomic E-state index is -4.55. The number of alkyl halides is 3. The van der Waals surface area contributed by atoms with Crippen LogP contribution in [-0.2, 0) is 12.7 Å². The van der Waals surface area contributed by atoms with Gasteiger partial charge in [-0.3, -0.25) is 4.79 Å². The largest absolute Gasteiger partial charge is 0.508 e. The lowest BCUT2D eigenvalue weighted by molar-refractivity contribution is -0.141. The van der Waals surface area contributed by atoms with Crippen LogP contribution in [0.25, 0.3) is 0 Å². The van der Waals surface area contributed by atoms with Crippen molar-refractivity contribution in [1.82, 2.24) is 10.3 Å². The van der Waals surface area contributed by atoms with E-state index in [4.69, 9.17) is 0 Å². The number of halogens is 3. The van der Waals surface area contributed by atoms with Crippen molar-refractivity contribution in [3.05, 3.63) is 58.9 Å². The first kappa shape index (κ1) is 15.8. The molecule has 4 nitrogen and oxygen atoms in total. The zero-order valence-electron chi connectivity index (χ0n) is 11.6. The van der Waals surface area contributed by atoms with Gasteiger partial charge in [0.15, 0.2) is 0 Å². The highest BCUT2D eigenvalue weighted by molar-refractivity contribution is 5.95. The number of para-hydroxylation sites is 1. The summed E-state index contributed by atoms with van der Waals surface area (Å²) in [5, 5.41) is 12.1. The van der Waals surface area contributed by atoms with Crippen LogP contribution in [0, 0.1) is 6.92 Å². The van der Waals surface area contributed by atoms with Gasteiger partial charge in [0.25, 0.3) is 5.91 Å². The Morgan fingerprint density at radius 2 is 1.91 bits per heavy atom. The number of aromatic nitrogens is 1. The first-order valence-corrected chi connectivity index (χ1v) is 6.39. The van der Waals surface area contributed by atoms with Gasteiger partial charge in [-0.25, -0.2) is 4.98 Å². The number of aromatic hydroxyl groups is 1. The number of amides is 1. The van der Waals surface area contributed by atoms with E-state index in [1.165, 1.54) is 13.0 Å². The van der Waals surface area contributed by atoms with Crippen LogP contribution < -0.4 is 5.32 Å². The molecule has 0 aliphatic carbocycles. The third kappa shape index (κ3) is 3.55. The van der Waals surface area contributed by atoms with E-state index in [0.717, 1.165) is 12.1 Å². The van der Waals surface area contributed by atoms with Gasteiger partial charge in [-0.2, -0.15) is 13.2 Å². The molecule has 0 bridgehead atoms. The van der Waals surface area contributed by atoms with Crippen LogP contribution in [0.15, 0.2) is 36.4 Å². The molecular weight excluding hydrogens is 297 g/mol. The minimum Gasteiger partial charge on any atom is -0.508 e. The summed E-state index contributed by atoms with van der Waals surface area (Å²) in [7, 11) is 0. The normalized spacial score (nSPS) is 11.3. The van der Waals surface area contributed by atoms with Gasteiger partial charge in [0.2, 0.25) is 0 Å². The zero-order valence-corrected chi connectivity index (χ0v) is 11.6. The monoisotopic (exact) mass is 310 g/mol. The van der Waals surface area contributed by atoms with E-state index in [2.05, 4.69) is 10.3 Å². The molecule has 2 N–H and O–H groups in total. The van der Waals surface area contributed by atoms with E-state index in [1.54, 1.807) is 18.2 Å². The van der Waals surface area contributed by atoms with Crippen molar-refractivity contribution in [2.24, 2.45) is 0 Å². The number of benzene rings is 1. The Kier molecular flexibility index (Phi) is 4.35. The van der Waals surface area contributed by atoms with Crippen LogP contribution in [0.1, 0.15) is 27.3 Å². The van der Waals surface area contributed by atoms with E-state index < -0.39 is 17.8 Å². The standard InChI is InChI=1S/C15H13F3N2O2/c1-9-11(6-7-13(20-9)15(16,17)18)14(22)19-8-10-4-2-3-5-12(10)21/h2-7,21H,8H2,1H3,(H,19,22). The molecule has 0 saturated carbocycles. The minimum absolute atomic E-state index is 0.00962. The first-order valence-electron chi connectivity index (χ1n) is 6.39. The molecule has 0 aliphatic rings. The fourth-order valence-corrected chi connectivity index (χ4v) is 1.89. The Balaban J connectivity index is 2.12. The molecule has 0 spiro atoms. The molecule has 0 saturated heterocycles. The van der Waals surface area contributed by atoms with Crippen molar-refractivity contribution in [1.29, 1.82) is 0 Å². The first-order chi connectivity index (χ1) is 10.3. The van der Waals surface area contributed by atoms with E-state index >= 15 is 0 Å². The number of carbonyl (C=O) groups is 1. The number of nitrogens with one attached hydrogen (secondary N) is 1. The smallest absolute Gasteiger partial charge is 0.433 e. The summed E-state index contributed by atoms with van der Waals surface area (Å²) in [6, 6.07) is 8.31. The fourth-order valence-electron chi connectivity index (χ4n) is 1.89. The number of pyridine rings is 1. The maximum Gasteiger partial charge on any atom is 0.433 e. The Bertz CT molecular complexity index is 699. The second kappa shape index (κ2) is 6.05. The van der Waals surface area contributed by atoms with Crippen molar-refractivity contribution >= 4 is 5.91 Å². The van der Waals surface area contributed by atoms with Gasteiger partial charge in [-0.1, -0.05) is 18.2 Å². The van der Waals surface area contributed by atoms with Crippen molar-refractivity contribution in [2.45, 2.75) is 19.6 Å². The van der Waals surface area contributed by atoms with Gasteiger partial charge >= 0.3 is 6.18 Å². The van der Waals surface area contributed by atoms with E-state index in [9.17, 15) is 23.1 Å². The molecule has 1 aromatic carbocycles. The Morgan fingerprint density at radius 1 is 1.23 bits per heavy atom. The molecule has 7 heteroatoms. The van der Waals surface area contributed by atoms with Gasteiger partial charge in [-0.05, 0) is 25.1 Å². The lowest BCUT2D eigenvalue weighted by Gasteiger charge is -2.11. The average Bonchev–Trinajstić information content (AvgIpc) is 2.45. The topological polar surface area (TPSA) is 62.2 Å². The molecule has 2 aromatic rings. The number of rotatable bonds is 3. The predicted molar refractivity (Wildman–Crippen MR) is 73.3 cm³/mol. The maximum absolute atomic E-state index is 12.5. The molecule has 0 fully saturated rings. The number of phenols is 1. The Morgan fingerprint density at radius 3 is 2.50 bits per heavy atom. The van der Waals surface area contributed by atoms with Gasteiger partial charge in [0.1, 0.15) is 11.4 Å². The molecule has 1 aromatic heterocycles. The second-order valence-corrected chi connectivity index (χ2v) is 4.64. The predicted octanol–water partition coefficient (Wildman–Crippen LogP) is 3.04. The van der Waals surface area contributed by atoms with Crippen LogP contribution in [0.5, 0.6) is 5.75 Å². The molecule has 0 radical (unpaired) electrons. The lowest BCUT2D eigenvalue weighted by atomic mass is 10.1. The SMILES string of the molecule is Cc1nc(C(F)(F)F)ccc1C(=O)NCc1ccccc1O. The number of hydrogen-bond donors (Lipinski definition) is 2. The lowest BCUT2D eigenvalue weighted by Crippen LogP contribution is -2.24. The quantitative estimate of drug-likeness (QED) is 0.916. The molecule has 22 heavy (non-hydrogen) atoms. The Labute approximate surface area is 124 Å². The van der Waals surface area contributed by atoms with E-state index in [1.807, 2.05) is 0 Å². The third-order valence-corrected chi connectivity index (χ3v) is 3.05. The number of nitrogens with zero attached hydrogens (tertiary/aromatic N) is 1. The number of aryl methyl sites for hydroxylation is 1. The molecule has 1 heterocycles. The van der Waals surface area contributed by atoms with Crippen LogP contribution in [0.2, 0.25) is 0 Å². The number of hydrogen-bond acceptors (Lipinski definition) is 3. The highest BCUT2D eigenvalue weighted by Crippen LogP contribution is 2.28. The van der Waals surface area contributed by atoms with Crippen LogP contribution >= 0.6 is 0 Å². The van der Waals surface area contributed by atoms with Gasteiger partial charge in [-0.15, -0.1) is 0 Å². The van der Waals surface area contributed by atoms with Crippen molar-refractivity contribution in [3.8, 4) is 5.75 Å². The average molecular weight is 310 g/mol. The molecule has 116 valence electrons. The Hall–Kier alpha value is -2.57. The fraction of sp³-hybridized carbons (Fsp3) is 0.200. The van der Waals surface area contributed by atoms with Crippen LogP contribution in [-0.4, -0.2) is 16.0 Å². The number of phenolic OH excluding ortho intramolecular Hbond substituents is 1. The molecule has 0 unspecified atom stereocenters. The second-order valence-electron chi connectivity index (χ2n) is 4.64. The molecule has 1 amide bonds. The maximum atomic E-state index is 12.5. The van der Waals surface area contributed by atoms with Gasteiger partial charge in [0, 0.05) is 12.1 Å². The molecule has 0 aliphatic heterocycles.